The number of nitriles is 1. The number of allylic oxidation sites excluding steroid dienone is 1. The third-order valence-corrected chi connectivity index (χ3v) is 6.45. The highest BCUT2D eigenvalue weighted by atomic mass is 32.2. The van der Waals surface area contributed by atoms with Crippen LogP contribution in [0.5, 0.6) is 11.5 Å². The second-order valence-corrected chi connectivity index (χ2v) is 7.89. The smallest absolute Gasteiger partial charge is 0.229 e. The Morgan fingerprint density at radius 2 is 1.93 bits per heavy atom. The number of nitrogens with zero attached hydrogens (tertiary/aromatic N) is 3. The monoisotopic (exact) mass is 425 g/mol. The van der Waals surface area contributed by atoms with Crippen molar-refractivity contribution in [2.45, 2.75) is 12.3 Å². The number of carbonyl (C=O) groups is 1. The van der Waals surface area contributed by atoms with E-state index in [2.05, 4.69) is 6.07 Å². The summed E-state index contributed by atoms with van der Waals surface area (Å²) in [6, 6.07) is 13.8. The standard InChI is InChI=1S/C22H20FN3O3S/c1-28-16-7-8-19(20(9-16)29-2)25-12-26-21(27)10-17(14-3-5-15(23)6-4-14)18(11-24)22(26)30-13-25/h3-9,17H,10,12-13H2,1-2H3. The molecule has 8 heteroatoms. The second kappa shape index (κ2) is 8.28. The van der Waals surface area contributed by atoms with Gasteiger partial charge in [-0.2, -0.15) is 5.26 Å². The van der Waals surface area contributed by atoms with Gasteiger partial charge in [-0.15, -0.1) is 0 Å². The van der Waals surface area contributed by atoms with Gasteiger partial charge in [0.15, 0.2) is 0 Å². The molecule has 1 atom stereocenters. The fourth-order valence-electron chi connectivity index (χ4n) is 3.74. The molecule has 2 aliphatic heterocycles. The quantitative estimate of drug-likeness (QED) is 0.736. The molecule has 6 nitrogen and oxygen atoms in total. The summed E-state index contributed by atoms with van der Waals surface area (Å²) in [5.74, 6) is 1.13. The maximum Gasteiger partial charge on any atom is 0.229 e. The number of benzene rings is 2. The van der Waals surface area contributed by atoms with Crippen molar-refractivity contribution in [3.63, 3.8) is 0 Å². The van der Waals surface area contributed by atoms with Gasteiger partial charge in [-0.25, -0.2) is 4.39 Å². The summed E-state index contributed by atoms with van der Waals surface area (Å²) in [7, 11) is 3.18. The van der Waals surface area contributed by atoms with E-state index < -0.39 is 0 Å². The predicted octanol–water partition coefficient (Wildman–Crippen LogP) is 4.06. The molecule has 2 aromatic carbocycles. The highest BCUT2D eigenvalue weighted by molar-refractivity contribution is 8.03. The lowest BCUT2D eigenvalue weighted by atomic mass is 9.86. The van der Waals surface area contributed by atoms with Crippen LogP contribution >= 0.6 is 11.8 Å². The summed E-state index contributed by atoms with van der Waals surface area (Å²) in [5.41, 5.74) is 2.16. The molecule has 2 heterocycles. The van der Waals surface area contributed by atoms with E-state index in [1.165, 1.54) is 23.9 Å². The number of hydrogen-bond donors (Lipinski definition) is 0. The van der Waals surface area contributed by atoms with Crippen LogP contribution in [0, 0.1) is 17.1 Å². The van der Waals surface area contributed by atoms with E-state index in [1.54, 1.807) is 37.3 Å². The van der Waals surface area contributed by atoms with Gasteiger partial charge < -0.3 is 14.4 Å². The van der Waals surface area contributed by atoms with Gasteiger partial charge in [0.2, 0.25) is 5.91 Å². The fraction of sp³-hybridized carbons (Fsp3) is 0.273. The van der Waals surface area contributed by atoms with Crippen molar-refractivity contribution in [2.75, 3.05) is 31.7 Å². The highest BCUT2D eigenvalue weighted by Gasteiger charge is 2.38. The molecular formula is C22H20FN3O3S. The van der Waals surface area contributed by atoms with Crippen LogP contribution in [0.3, 0.4) is 0 Å². The average molecular weight is 425 g/mol. The Labute approximate surface area is 178 Å². The zero-order chi connectivity index (χ0) is 21.3. The number of carbonyl (C=O) groups excluding carboxylic acids is 1. The molecule has 1 fully saturated rings. The lowest BCUT2D eigenvalue weighted by Crippen LogP contribution is -2.47. The Balaban J connectivity index is 1.65. The van der Waals surface area contributed by atoms with Crippen molar-refractivity contribution in [1.29, 1.82) is 5.26 Å². The molecule has 0 spiro atoms. The molecule has 0 bridgehead atoms. The largest absolute Gasteiger partial charge is 0.497 e. The van der Waals surface area contributed by atoms with Crippen LogP contribution in [0.15, 0.2) is 53.1 Å². The van der Waals surface area contributed by atoms with Crippen LogP contribution in [0.2, 0.25) is 0 Å². The Morgan fingerprint density at radius 3 is 2.60 bits per heavy atom. The number of fused-ring (bicyclic) bond motifs is 1. The Hall–Kier alpha value is -3.18. The molecule has 2 aliphatic rings. The van der Waals surface area contributed by atoms with Crippen molar-refractivity contribution in [3.8, 4) is 17.6 Å². The van der Waals surface area contributed by atoms with Gasteiger partial charge in [0.25, 0.3) is 0 Å². The van der Waals surface area contributed by atoms with Crippen molar-refractivity contribution < 1.29 is 18.7 Å². The maximum atomic E-state index is 13.3. The molecule has 0 radical (unpaired) electrons. The molecule has 1 saturated heterocycles. The summed E-state index contributed by atoms with van der Waals surface area (Å²) in [4.78, 5) is 16.7. The molecule has 0 aliphatic carbocycles. The van der Waals surface area contributed by atoms with Gasteiger partial charge >= 0.3 is 0 Å². The van der Waals surface area contributed by atoms with Gasteiger partial charge in [0, 0.05) is 18.4 Å². The number of methoxy groups -OCH3 is 2. The average Bonchev–Trinajstić information content (AvgIpc) is 2.79. The van der Waals surface area contributed by atoms with Crippen LogP contribution in [0.1, 0.15) is 17.9 Å². The summed E-state index contributed by atoms with van der Waals surface area (Å²) in [6.45, 7) is 0.325. The van der Waals surface area contributed by atoms with Gasteiger partial charge in [-0.3, -0.25) is 9.69 Å². The number of thioether (sulfide) groups is 1. The van der Waals surface area contributed by atoms with Crippen LogP contribution in [0.4, 0.5) is 10.1 Å². The van der Waals surface area contributed by atoms with E-state index >= 15 is 0 Å². The van der Waals surface area contributed by atoms with Gasteiger partial charge in [-0.1, -0.05) is 23.9 Å². The van der Waals surface area contributed by atoms with E-state index in [1.807, 2.05) is 17.0 Å². The minimum absolute atomic E-state index is 0.0667. The van der Waals surface area contributed by atoms with Crippen LogP contribution < -0.4 is 14.4 Å². The number of anilines is 1. The molecule has 154 valence electrons. The van der Waals surface area contributed by atoms with Gasteiger partial charge in [-0.05, 0) is 29.8 Å². The molecule has 1 amide bonds. The lowest BCUT2D eigenvalue weighted by Gasteiger charge is -2.42. The van der Waals surface area contributed by atoms with Crippen molar-refractivity contribution in [2.24, 2.45) is 0 Å². The van der Waals surface area contributed by atoms with E-state index in [9.17, 15) is 14.4 Å². The maximum absolute atomic E-state index is 13.3. The first-order valence-corrected chi connectivity index (χ1v) is 10.3. The first-order valence-electron chi connectivity index (χ1n) is 9.35. The Bertz CT molecular complexity index is 1050. The molecule has 0 saturated carbocycles. The summed E-state index contributed by atoms with van der Waals surface area (Å²) in [6.07, 6.45) is 0.173. The number of halogens is 1. The molecule has 0 aromatic heterocycles. The number of amides is 1. The highest BCUT2D eigenvalue weighted by Crippen LogP contribution is 2.44. The third-order valence-electron chi connectivity index (χ3n) is 5.29. The minimum Gasteiger partial charge on any atom is -0.497 e. The fourth-order valence-corrected chi connectivity index (χ4v) is 4.90. The molecule has 4 rings (SSSR count). The third kappa shape index (κ3) is 3.57. The zero-order valence-electron chi connectivity index (χ0n) is 16.6. The molecule has 0 N–H and O–H groups in total. The molecule has 1 unspecified atom stereocenters. The second-order valence-electron chi connectivity index (χ2n) is 6.95. The number of ether oxygens (including phenoxy) is 2. The topological polar surface area (TPSA) is 65.8 Å². The summed E-state index contributed by atoms with van der Waals surface area (Å²) >= 11 is 1.44. The number of rotatable bonds is 4. The van der Waals surface area contributed by atoms with E-state index in [0.717, 1.165) is 11.3 Å². The zero-order valence-corrected chi connectivity index (χ0v) is 17.4. The Kier molecular flexibility index (Phi) is 5.55. The van der Waals surface area contributed by atoms with Crippen LogP contribution in [-0.4, -0.2) is 37.6 Å². The summed E-state index contributed by atoms with van der Waals surface area (Å²) in [5, 5.41) is 10.5. The van der Waals surface area contributed by atoms with E-state index in [0.29, 0.717) is 34.6 Å². The van der Waals surface area contributed by atoms with Crippen LogP contribution in [0.25, 0.3) is 0 Å². The van der Waals surface area contributed by atoms with Gasteiger partial charge in [0.05, 0.1) is 49.1 Å². The molecular weight excluding hydrogens is 405 g/mol. The van der Waals surface area contributed by atoms with E-state index in [4.69, 9.17) is 9.47 Å². The molecule has 2 aromatic rings. The number of hydrogen-bond acceptors (Lipinski definition) is 6. The molecule has 30 heavy (non-hydrogen) atoms. The van der Waals surface area contributed by atoms with E-state index in [-0.39, 0.29) is 24.1 Å². The first kappa shape index (κ1) is 20.1. The summed E-state index contributed by atoms with van der Waals surface area (Å²) < 4.78 is 24.1. The Morgan fingerprint density at radius 1 is 1.17 bits per heavy atom. The lowest BCUT2D eigenvalue weighted by molar-refractivity contribution is -0.129. The predicted molar refractivity (Wildman–Crippen MR) is 113 cm³/mol. The normalized spacial score (nSPS) is 18.7. The van der Waals surface area contributed by atoms with Crippen molar-refractivity contribution in [3.05, 3.63) is 64.4 Å². The van der Waals surface area contributed by atoms with Crippen molar-refractivity contribution in [1.82, 2.24) is 4.90 Å². The van der Waals surface area contributed by atoms with Gasteiger partial charge in [0.1, 0.15) is 17.3 Å². The first-order chi connectivity index (χ1) is 14.5. The van der Waals surface area contributed by atoms with Crippen LogP contribution in [-0.2, 0) is 4.79 Å². The minimum atomic E-state index is -0.357. The van der Waals surface area contributed by atoms with Crippen molar-refractivity contribution >= 4 is 23.4 Å². The SMILES string of the molecule is COc1ccc(N2CSC3=C(C#N)C(c4ccc(F)cc4)CC(=O)N3C2)c(OC)c1.